The Morgan fingerprint density at radius 1 is 1.44 bits per heavy atom. The molecule has 1 rings (SSSR count). The number of methoxy groups -OCH3 is 1. The summed E-state index contributed by atoms with van der Waals surface area (Å²) in [5, 5.41) is 3.13. The molecule has 5 nitrogen and oxygen atoms in total. The molecule has 90 valence electrons. The topological polar surface area (TPSA) is 56.3 Å². The fourth-order valence-corrected chi connectivity index (χ4v) is 1.35. The van der Waals surface area contributed by atoms with Crippen LogP contribution < -0.4 is 10.1 Å². The lowest BCUT2D eigenvalue weighted by atomic mass is 10.4. The van der Waals surface area contributed by atoms with E-state index in [-0.39, 0.29) is 6.10 Å². The van der Waals surface area contributed by atoms with Crippen LogP contribution in [-0.2, 0) is 4.74 Å². The van der Waals surface area contributed by atoms with Crippen molar-refractivity contribution >= 4 is 5.82 Å². The molecule has 16 heavy (non-hydrogen) atoms. The number of nitrogens with zero attached hydrogens (tertiary/aromatic N) is 2. The van der Waals surface area contributed by atoms with E-state index in [4.69, 9.17) is 9.47 Å². The van der Waals surface area contributed by atoms with Crippen LogP contribution in [0.25, 0.3) is 0 Å². The van der Waals surface area contributed by atoms with Gasteiger partial charge in [0, 0.05) is 19.7 Å². The van der Waals surface area contributed by atoms with Crippen LogP contribution in [0.3, 0.4) is 0 Å². The first-order valence-electron chi connectivity index (χ1n) is 5.40. The monoisotopic (exact) mass is 225 g/mol. The van der Waals surface area contributed by atoms with Crippen LogP contribution in [0, 0.1) is 6.92 Å². The summed E-state index contributed by atoms with van der Waals surface area (Å²) in [5.41, 5.74) is 0. The molecule has 5 heteroatoms. The molecule has 0 bridgehead atoms. The van der Waals surface area contributed by atoms with Crippen LogP contribution in [0.15, 0.2) is 6.07 Å². The van der Waals surface area contributed by atoms with Crippen molar-refractivity contribution < 1.29 is 9.47 Å². The van der Waals surface area contributed by atoms with Crippen molar-refractivity contribution in [2.24, 2.45) is 0 Å². The van der Waals surface area contributed by atoms with Crippen molar-refractivity contribution in [1.82, 2.24) is 9.97 Å². The lowest BCUT2D eigenvalue weighted by Crippen LogP contribution is -2.19. The Morgan fingerprint density at radius 3 is 2.81 bits per heavy atom. The van der Waals surface area contributed by atoms with Gasteiger partial charge in [-0.2, -0.15) is 4.98 Å². The molecule has 0 aliphatic heterocycles. The average Bonchev–Trinajstić information content (AvgIpc) is 2.17. The van der Waals surface area contributed by atoms with Crippen molar-refractivity contribution in [2.75, 3.05) is 25.6 Å². The molecule has 1 atom stereocenters. The van der Waals surface area contributed by atoms with E-state index in [1.165, 1.54) is 0 Å². The van der Waals surface area contributed by atoms with E-state index >= 15 is 0 Å². The molecule has 1 aromatic rings. The summed E-state index contributed by atoms with van der Waals surface area (Å²) in [6.07, 6.45) is -0.0197. The van der Waals surface area contributed by atoms with Crippen molar-refractivity contribution in [1.29, 1.82) is 0 Å². The van der Waals surface area contributed by atoms with E-state index in [1.54, 1.807) is 13.2 Å². The van der Waals surface area contributed by atoms with Gasteiger partial charge in [0.15, 0.2) is 0 Å². The largest absolute Gasteiger partial charge is 0.472 e. The number of nitrogens with one attached hydrogen (secondary N) is 1. The number of hydrogen-bond donors (Lipinski definition) is 1. The second-order valence-corrected chi connectivity index (χ2v) is 3.55. The standard InChI is InChI=1S/C11H19N3O2/c1-5-12-10-6-11(14-9(3)13-10)16-8(2)7-15-4/h6,8H,5,7H2,1-4H3,(H,12,13,14). The molecule has 0 aliphatic carbocycles. The van der Waals surface area contributed by atoms with Gasteiger partial charge in [-0.3, -0.25) is 0 Å². The molecular weight excluding hydrogens is 206 g/mol. The van der Waals surface area contributed by atoms with E-state index in [1.807, 2.05) is 20.8 Å². The second-order valence-electron chi connectivity index (χ2n) is 3.55. The quantitative estimate of drug-likeness (QED) is 0.797. The highest BCUT2D eigenvalue weighted by Gasteiger charge is 2.07. The Labute approximate surface area is 96.2 Å². The van der Waals surface area contributed by atoms with Gasteiger partial charge in [-0.05, 0) is 20.8 Å². The molecule has 0 amide bonds. The Hall–Kier alpha value is -1.36. The highest BCUT2D eigenvalue weighted by molar-refractivity contribution is 5.38. The van der Waals surface area contributed by atoms with Gasteiger partial charge in [0.2, 0.25) is 5.88 Å². The summed E-state index contributed by atoms with van der Waals surface area (Å²) in [7, 11) is 1.65. The van der Waals surface area contributed by atoms with Crippen LogP contribution in [0.2, 0.25) is 0 Å². The fraction of sp³-hybridized carbons (Fsp3) is 0.636. The lowest BCUT2D eigenvalue weighted by molar-refractivity contribution is 0.0888. The number of ether oxygens (including phenoxy) is 2. The van der Waals surface area contributed by atoms with Gasteiger partial charge in [-0.15, -0.1) is 0 Å². The van der Waals surface area contributed by atoms with Crippen LogP contribution in [-0.4, -0.2) is 36.3 Å². The number of aromatic nitrogens is 2. The number of aryl methyl sites for hydroxylation is 1. The zero-order valence-electron chi connectivity index (χ0n) is 10.3. The van der Waals surface area contributed by atoms with Gasteiger partial charge in [0.1, 0.15) is 17.7 Å². The molecule has 0 fully saturated rings. The van der Waals surface area contributed by atoms with Gasteiger partial charge in [0.05, 0.1) is 6.61 Å². The summed E-state index contributed by atoms with van der Waals surface area (Å²) in [6, 6.07) is 1.79. The van der Waals surface area contributed by atoms with Gasteiger partial charge < -0.3 is 14.8 Å². The maximum Gasteiger partial charge on any atom is 0.219 e. The lowest BCUT2D eigenvalue weighted by Gasteiger charge is -2.13. The normalized spacial score (nSPS) is 12.2. The molecule has 1 unspecified atom stereocenters. The van der Waals surface area contributed by atoms with Crippen molar-refractivity contribution in [2.45, 2.75) is 26.9 Å². The average molecular weight is 225 g/mol. The predicted octanol–water partition coefficient (Wildman–Crippen LogP) is 1.63. The minimum absolute atomic E-state index is 0.0197. The van der Waals surface area contributed by atoms with Crippen LogP contribution in [0.5, 0.6) is 5.88 Å². The van der Waals surface area contributed by atoms with Crippen molar-refractivity contribution in [3.05, 3.63) is 11.9 Å². The first kappa shape index (κ1) is 12.7. The van der Waals surface area contributed by atoms with E-state index in [0.717, 1.165) is 12.4 Å². The van der Waals surface area contributed by atoms with Gasteiger partial charge in [-0.25, -0.2) is 4.98 Å². The summed E-state index contributed by atoms with van der Waals surface area (Å²) < 4.78 is 10.6. The third-order valence-corrected chi connectivity index (χ3v) is 1.90. The predicted molar refractivity (Wildman–Crippen MR) is 62.9 cm³/mol. The molecule has 0 spiro atoms. The number of anilines is 1. The Bertz CT molecular complexity index is 331. The summed E-state index contributed by atoms with van der Waals surface area (Å²) in [4.78, 5) is 8.45. The molecule has 0 saturated heterocycles. The third-order valence-electron chi connectivity index (χ3n) is 1.90. The van der Waals surface area contributed by atoms with Gasteiger partial charge >= 0.3 is 0 Å². The van der Waals surface area contributed by atoms with E-state index in [2.05, 4.69) is 15.3 Å². The molecule has 0 saturated carbocycles. The SMILES string of the molecule is CCNc1cc(OC(C)COC)nc(C)n1. The van der Waals surface area contributed by atoms with E-state index in [0.29, 0.717) is 18.3 Å². The number of hydrogen-bond acceptors (Lipinski definition) is 5. The zero-order chi connectivity index (χ0) is 12.0. The Morgan fingerprint density at radius 2 is 2.19 bits per heavy atom. The van der Waals surface area contributed by atoms with Crippen molar-refractivity contribution in [3.63, 3.8) is 0 Å². The smallest absolute Gasteiger partial charge is 0.219 e. The molecule has 1 N–H and O–H groups in total. The second kappa shape index (κ2) is 6.27. The minimum Gasteiger partial charge on any atom is -0.472 e. The maximum absolute atomic E-state index is 5.61. The first-order valence-corrected chi connectivity index (χ1v) is 5.40. The highest BCUT2D eigenvalue weighted by Crippen LogP contribution is 2.14. The third kappa shape index (κ3) is 4.02. The molecule has 1 aromatic heterocycles. The zero-order valence-corrected chi connectivity index (χ0v) is 10.3. The molecule has 0 aliphatic rings. The van der Waals surface area contributed by atoms with Crippen LogP contribution in [0.4, 0.5) is 5.82 Å². The maximum atomic E-state index is 5.61. The molecule has 0 aromatic carbocycles. The number of rotatable bonds is 6. The summed E-state index contributed by atoms with van der Waals surface area (Å²) in [5.74, 6) is 2.06. The summed E-state index contributed by atoms with van der Waals surface area (Å²) in [6.45, 7) is 7.16. The fourth-order valence-electron chi connectivity index (χ4n) is 1.35. The van der Waals surface area contributed by atoms with Gasteiger partial charge in [0.25, 0.3) is 0 Å². The Balaban J connectivity index is 2.71. The van der Waals surface area contributed by atoms with Gasteiger partial charge in [-0.1, -0.05) is 0 Å². The molecule has 1 heterocycles. The van der Waals surface area contributed by atoms with E-state index < -0.39 is 0 Å². The highest BCUT2D eigenvalue weighted by atomic mass is 16.5. The van der Waals surface area contributed by atoms with Crippen LogP contribution in [0.1, 0.15) is 19.7 Å². The summed E-state index contributed by atoms with van der Waals surface area (Å²) >= 11 is 0. The van der Waals surface area contributed by atoms with E-state index in [9.17, 15) is 0 Å². The Kier molecular flexibility index (Phi) is 4.98. The van der Waals surface area contributed by atoms with Crippen LogP contribution >= 0.6 is 0 Å². The van der Waals surface area contributed by atoms with Crippen molar-refractivity contribution in [3.8, 4) is 5.88 Å². The molecule has 0 radical (unpaired) electrons. The first-order chi connectivity index (χ1) is 7.65. The molecular formula is C11H19N3O2. The minimum atomic E-state index is -0.0197.